The van der Waals surface area contributed by atoms with Gasteiger partial charge in [0, 0.05) is 12.6 Å². The highest BCUT2D eigenvalue weighted by Crippen LogP contribution is 2.24. The Morgan fingerprint density at radius 2 is 2.04 bits per heavy atom. The van der Waals surface area contributed by atoms with Crippen LogP contribution < -0.4 is 10.5 Å². The Balaban J connectivity index is 1.58. The molecule has 2 aliphatic rings. The maximum absolute atomic E-state index is 12.4. The summed E-state index contributed by atoms with van der Waals surface area (Å²) < 4.78 is 1.66. The fourth-order valence-electron chi connectivity index (χ4n) is 3.80. The first-order valence-electron chi connectivity index (χ1n) is 8.87. The number of rotatable bonds is 3. The molecule has 1 fully saturated rings. The average Bonchev–Trinajstić information content (AvgIpc) is 3.04. The highest BCUT2D eigenvalue weighted by atomic mass is 16.1. The van der Waals surface area contributed by atoms with Crippen molar-refractivity contribution in [1.82, 2.24) is 20.0 Å². The zero-order chi connectivity index (χ0) is 16.5. The number of hydrogen-bond acceptors (Lipinski definition) is 5. The van der Waals surface area contributed by atoms with Crippen LogP contribution in [-0.2, 0) is 19.4 Å². The highest BCUT2D eigenvalue weighted by Gasteiger charge is 2.27. The van der Waals surface area contributed by atoms with Crippen molar-refractivity contribution in [3.8, 4) is 0 Å². The van der Waals surface area contributed by atoms with Crippen LogP contribution in [0.15, 0.2) is 23.0 Å². The summed E-state index contributed by atoms with van der Waals surface area (Å²) in [6.45, 7) is 3.53. The van der Waals surface area contributed by atoms with Gasteiger partial charge >= 0.3 is 0 Å². The molecule has 1 atom stereocenters. The van der Waals surface area contributed by atoms with E-state index in [0.717, 1.165) is 55.0 Å². The van der Waals surface area contributed by atoms with E-state index in [1.54, 1.807) is 10.7 Å². The van der Waals surface area contributed by atoms with Gasteiger partial charge in [-0.05, 0) is 63.1 Å². The Hall–Kier alpha value is -2.24. The van der Waals surface area contributed by atoms with E-state index in [-0.39, 0.29) is 11.6 Å². The number of anilines is 1. The van der Waals surface area contributed by atoms with E-state index in [1.165, 1.54) is 12.8 Å². The normalized spacial score (nSPS) is 20.2. The molecule has 1 unspecified atom stereocenters. The SMILES string of the molecule is Cc1ccc(N2CCCC2Cn2nc3c(cc2=O)CCCC3)nn1. The van der Waals surface area contributed by atoms with Gasteiger partial charge in [-0.15, -0.1) is 5.10 Å². The highest BCUT2D eigenvalue weighted by molar-refractivity contribution is 5.40. The predicted molar refractivity (Wildman–Crippen MR) is 92.3 cm³/mol. The van der Waals surface area contributed by atoms with Crippen molar-refractivity contribution in [2.24, 2.45) is 0 Å². The van der Waals surface area contributed by atoms with E-state index in [1.807, 2.05) is 19.1 Å². The summed E-state index contributed by atoms with van der Waals surface area (Å²) in [4.78, 5) is 14.7. The van der Waals surface area contributed by atoms with Crippen molar-refractivity contribution in [3.63, 3.8) is 0 Å². The van der Waals surface area contributed by atoms with Gasteiger partial charge in [0.25, 0.3) is 5.56 Å². The molecule has 4 rings (SSSR count). The molecule has 6 nitrogen and oxygen atoms in total. The van der Waals surface area contributed by atoms with Crippen LogP contribution >= 0.6 is 0 Å². The molecule has 6 heteroatoms. The van der Waals surface area contributed by atoms with Gasteiger partial charge in [-0.1, -0.05) is 0 Å². The molecule has 2 aromatic rings. The molecule has 24 heavy (non-hydrogen) atoms. The van der Waals surface area contributed by atoms with Crippen molar-refractivity contribution in [2.45, 2.75) is 58.0 Å². The van der Waals surface area contributed by atoms with Gasteiger partial charge in [0.1, 0.15) is 0 Å². The predicted octanol–water partition coefficient (Wildman–Crippen LogP) is 1.89. The summed E-state index contributed by atoms with van der Waals surface area (Å²) >= 11 is 0. The maximum atomic E-state index is 12.4. The fourth-order valence-corrected chi connectivity index (χ4v) is 3.80. The van der Waals surface area contributed by atoms with E-state index in [9.17, 15) is 4.79 Å². The van der Waals surface area contributed by atoms with Crippen molar-refractivity contribution < 1.29 is 0 Å². The second kappa shape index (κ2) is 6.34. The van der Waals surface area contributed by atoms with Gasteiger partial charge < -0.3 is 4.90 Å². The Labute approximate surface area is 141 Å². The first-order valence-corrected chi connectivity index (χ1v) is 8.87. The lowest BCUT2D eigenvalue weighted by atomic mass is 9.97. The standard InChI is InChI=1S/C18H23N5O/c1-13-8-9-17(20-19-13)22-10-4-6-15(22)12-23-18(24)11-14-5-2-3-7-16(14)21-23/h8-9,11,15H,2-7,10,12H2,1H3. The molecule has 2 aromatic heterocycles. The summed E-state index contributed by atoms with van der Waals surface area (Å²) in [7, 11) is 0. The lowest BCUT2D eigenvalue weighted by Gasteiger charge is -2.26. The van der Waals surface area contributed by atoms with Crippen molar-refractivity contribution in [2.75, 3.05) is 11.4 Å². The molecule has 1 aliphatic heterocycles. The average molecular weight is 325 g/mol. The van der Waals surface area contributed by atoms with Crippen LogP contribution in [0.4, 0.5) is 5.82 Å². The van der Waals surface area contributed by atoms with Crippen LogP contribution in [0.25, 0.3) is 0 Å². The van der Waals surface area contributed by atoms with Crippen LogP contribution in [0, 0.1) is 6.92 Å². The molecule has 1 aliphatic carbocycles. The minimum absolute atomic E-state index is 0.0255. The van der Waals surface area contributed by atoms with Crippen molar-refractivity contribution >= 4 is 5.82 Å². The zero-order valence-corrected chi connectivity index (χ0v) is 14.1. The van der Waals surface area contributed by atoms with Gasteiger partial charge in [0.15, 0.2) is 5.82 Å². The first kappa shape index (κ1) is 15.3. The lowest BCUT2D eigenvalue weighted by Crippen LogP contribution is -2.38. The smallest absolute Gasteiger partial charge is 0.267 e. The molecule has 0 saturated carbocycles. The molecule has 0 radical (unpaired) electrons. The molecule has 0 spiro atoms. The van der Waals surface area contributed by atoms with Gasteiger partial charge in [-0.2, -0.15) is 10.2 Å². The van der Waals surface area contributed by atoms with Crippen LogP contribution in [0.2, 0.25) is 0 Å². The maximum Gasteiger partial charge on any atom is 0.267 e. The van der Waals surface area contributed by atoms with Gasteiger partial charge in [0.2, 0.25) is 0 Å². The Bertz CT molecular complexity index is 783. The largest absolute Gasteiger partial charge is 0.350 e. The van der Waals surface area contributed by atoms with Gasteiger partial charge in [0.05, 0.1) is 24.0 Å². The topological polar surface area (TPSA) is 63.9 Å². The molecular formula is C18H23N5O. The zero-order valence-electron chi connectivity index (χ0n) is 14.1. The number of nitrogens with zero attached hydrogens (tertiary/aromatic N) is 5. The van der Waals surface area contributed by atoms with E-state index >= 15 is 0 Å². The molecule has 0 N–H and O–H groups in total. The molecule has 0 bridgehead atoms. The monoisotopic (exact) mass is 325 g/mol. The third kappa shape index (κ3) is 2.92. The van der Waals surface area contributed by atoms with Crippen molar-refractivity contribution in [3.05, 3.63) is 45.5 Å². The Kier molecular flexibility index (Phi) is 4.04. The lowest BCUT2D eigenvalue weighted by molar-refractivity contribution is 0.471. The molecule has 1 saturated heterocycles. The Morgan fingerprint density at radius 3 is 2.88 bits per heavy atom. The van der Waals surface area contributed by atoms with Crippen LogP contribution in [0.5, 0.6) is 0 Å². The number of fused-ring (bicyclic) bond motifs is 1. The third-order valence-electron chi connectivity index (χ3n) is 5.11. The van der Waals surface area contributed by atoms with E-state index in [0.29, 0.717) is 6.54 Å². The molecule has 0 amide bonds. The van der Waals surface area contributed by atoms with Crippen LogP contribution in [0.1, 0.15) is 42.6 Å². The minimum atomic E-state index is 0.0255. The van der Waals surface area contributed by atoms with E-state index < -0.39 is 0 Å². The van der Waals surface area contributed by atoms with Crippen LogP contribution in [-0.4, -0.2) is 32.6 Å². The molecule has 0 aromatic carbocycles. The molecule has 3 heterocycles. The molecular weight excluding hydrogens is 302 g/mol. The van der Waals surface area contributed by atoms with Crippen molar-refractivity contribution in [1.29, 1.82) is 0 Å². The summed E-state index contributed by atoms with van der Waals surface area (Å²) in [6, 6.07) is 6.06. The number of hydrogen-bond donors (Lipinski definition) is 0. The first-order chi connectivity index (χ1) is 11.7. The summed E-state index contributed by atoms with van der Waals surface area (Å²) in [5, 5.41) is 13.1. The number of aryl methyl sites for hydroxylation is 3. The summed E-state index contributed by atoms with van der Waals surface area (Å²) in [6.07, 6.45) is 6.49. The molecule has 126 valence electrons. The van der Waals surface area contributed by atoms with Crippen LogP contribution in [0.3, 0.4) is 0 Å². The summed E-state index contributed by atoms with van der Waals surface area (Å²) in [5.41, 5.74) is 3.20. The quantitative estimate of drug-likeness (QED) is 0.862. The van der Waals surface area contributed by atoms with E-state index in [4.69, 9.17) is 0 Å². The minimum Gasteiger partial charge on any atom is -0.350 e. The second-order valence-electron chi connectivity index (χ2n) is 6.87. The van der Waals surface area contributed by atoms with Gasteiger partial charge in [-0.25, -0.2) is 4.68 Å². The summed E-state index contributed by atoms with van der Waals surface area (Å²) in [5.74, 6) is 0.897. The second-order valence-corrected chi connectivity index (χ2v) is 6.87. The third-order valence-corrected chi connectivity index (χ3v) is 5.11. The van der Waals surface area contributed by atoms with Gasteiger partial charge in [-0.3, -0.25) is 4.79 Å². The van der Waals surface area contributed by atoms with E-state index in [2.05, 4.69) is 20.2 Å². The fraction of sp³-hybridized carbons (Fsp3) is 0.556. The number of aromatic nitrogens is 4. The Morgan fingerprint density at radius 1 is 1.17 bits per heavy atom.